The van der Waals surface area contributed by atoms with Crippen molar-refractivity contribution in [3.05, 3.63) is 29.0 Å². The third-order valence-electron chi connectivity index (χ3n) is 6.66. The average Bonchev–Trinajstić information content (AvgIpc) is 3.42. The molecule has 2 saturated heterocycles. The van der Waals surface area contributed by atoms with Gasteiger partial charge in [-0.15, -0.1) is 11.3 Å². The van der Waals surface area contributed by atoms with Gasteiger partial charge in [0, 0.05) is 24.1 Å². The van der Waals surface area contributed by atoms with Crippen LogP contribution in [0.15, 0.2) is 18.2 Å². The van der Waals surface area contributed by atoms with Crippen molar-refractivity contribution in [1.29, 1.82) is 0 Å². The number of rotatable bonds is 5. The Hall–Kier alpha value is -1.53. The van der Waals surface area contributed by atoms with E-state index in [0.717, 1.165) is 17.8 Å². The van der Waals surface area contributed by atoms with Gasteiger partial charge in [-0.05, 0) is 52.7 Å². The second-order valence-electron chi connectivity index (χ2n) is 11.0. The third-order valence-corrected chi connectivity index (χ3v) is 9.69. The Morgan fingerprint density at radius 2 is 1.71 bits per heavy atom. The molecule has 0 radical (unpaired) electrons. The maximum Gasteiger partial charge on any atom is 0.507 e. The molecule has 34 heavy (non-hydrogen) atoms. The van der Waals surface area contributed by atoms with E-state index in [-0.39, 0.29) is 16.7 Å². The summed E-state index contributed by atoms with van der Waals surface area (Å²) >= 11 is 1.43. The van der Waals surface area contributed by atoms with Gasteiger partial charge in [0.2, 0.25) is 0 Å². The average molecular weight is 509 g/mol. The van der Waals surface area contributed by atoms with Crippen LogP contribution in [0.4, 0.5) is 10.1 Å². The van der Waals surface area contributed by atoms with Crippen molar-refractivity contribution in [1.82, 2.24) is 9.29 Å². The quantitative estimate of drug-likeness (QED) is 0.608. The van der Waals surface area contributed by atoms with Crippen LogP contribution in [0.5, 0.6) is 0 Å². The number of aromatic nitrogens is 1. The Morgan fingerprint density at radius 1 is 1.12 bits per heavy atom. The van der Waals surface area contributed by atoms with Crippen molar-refractivity contribution >= 4 is 39.1 Å². The lowest BCUT2D eigenvalue weighted by Gasteiger charge is -2.32. The standard InChI is InChI=1S/C23H33BFN3O4S2/c1-21(2,3)20-26-18(19(33-20)24-31-22(4,5)23(6,7)32-24)15-11-10-12-16(17(15)25)27-34(29,30)28-13-8-9-14-28/h10-12,27H,8-9,13-14H2,1-7H3. The van der Waals surface area contributed by atoms with Gasteiger partial charge in [-0.25, -0.2) is 9.37 Å². The highest BCUT2D eigenvalue weighted by molar-refractivity contribution is 7.90. The molecule has 3 heterocycles. The molecule has 186 valence electrons. The number of benzene rings is 1. The molecule has 2 fully saturated rings. The molecule has 1 N–H and O–H groups in total. The minimum absolute atomic E-state index is 0.102. The van der Waals surface area contributed by atoms with Crippen LogP contribution in [0.1, 0.15) is 66.3 Å². The summed E-state index contributed by atoms with van der Waals surface area (Å²) in [5, 5.41) is 0.815. The van der Waals surface area contributed by atoms with Gasteiger partial charge in [0.1, 0.15) is 0 Å². The first-order chi connectivity index (χ1) is 15.6. The lowest BCUT2D eigenvalue weighted by molar-refractivity contribution is 0.00578. The fourth-order valence-electron chi connectivity index (χ4n) is 3.88. The third kappa shape index (κ3) is 4.65. The Labute approximate surface area is 206 Å². The largest absolute Gasteiger partial charge is 0.507 e. The normalized spacial score (nSPS) is 20.8. The van der Waals surface area contributed by atoms with E-state index in [1.165, 1.54) is 21.7 Å². The lowest BCUT2D eigenvalue weighted by atomic mass is 9.84. The van der Waals surface area contributed by atoms with Gasteiger partial charge in [-0.3, -0.25) is 4.72 Å². The van der Waals surface area contributed by atoms with Crippen molar-refractivity contribution in [2.45, 2.75) is 77.9 Å². The zero-order chi connectivity index (χ0) is 25.1. The molecule has 1 aromatic carbocycles. The lowest BCUT2D eigenvalue weighted by Crippen LogP contribution is -2.41. The molecule has 2 aromatic rings. The molecular weight excluding hydrogens is 476 g/mol. The van der Waals surface area contributed by atoms with Crippen LogP contribution in [0.2, 0.25) is 0 Å². The molecule has 1 aromatic heterocycles. The van der Waals surface area contributed by atoms with Gasteiger partial charge in [-0.1, -0.05) is 26.8 Å². The summed E-state index contributed by atoms with van der Waals surface area (Å²) in [7, 11) is -4.54. The van der Waals surface area contributed by atoms with Crippen LogP contribution in [0.25, 0.3) is 11.3 Å². The van der Waals surface area contributed by atoms with Crippen molar-refractivity contribution in [3.63, 3.8) is 0 Å². The van der Waals surface area contributed by atoms with Crippen LogP contribution in [0, 0.1) is 5.82 Å². The van der Waals surface area contributed by atoms with Gasteiger partial charge >= 0.3 is 17.3 Å². The zero-order valence-corrected chi connectivity index (χ0v) is 22.5. The molecule has 0 aliphatic carbocycles. The molecule has 2 aliphatic rings. The second kappa shape index (κ2) is 8.55. The highest BCUT2D eigenvalue weighted by Gasteiger charge is 2.53. The van der Waals surface area contributed by atoms with Crippen LogP contribution in [-0.2, 0) is 24.9 Å². The first-order valence-corrected chi connectivity index (χ1v) is 13.8. The van der Waals surface area contributed by atoms with E-state index in [0.29, 0.717) is 23.6 Å². The summed E-state index contributed by atoms with van der Waals surface area (Å²) in [6, 6.07) is 4.67. The molecule has 0 saturated carbocycles. The minimum atomic E-state index is -3.83. The predicted molar refractivity (Wildman–Crippen MR) is 135 cm³/mol. The highest BCUT2D eigenvalue weighted by atomic mass is 32.2. The van der Waals surface area contributed by atoms with Gasteiger partial charge in [0.25, 0.3) is 0 Å². The van der Waals surface area contributed by atoms with Gasteiger partial charge < -0.3 is 9.31 Å². The topological polar surface area (TPSA) is 80.8 Å². The molecule has 0 bridgehead atoms. The number of nitrogens with one attached hydrogen (secondary N) is 1. The molecule has 0 amide bonds. The number of hydrogen-bond donors (Lipinski definition) is 1. The number of hydrogen-bond acceptors (Lipinski definition) is 6. The summed E-state index contributed by atoms with van der Waals surface area (Å²) in [4.78, 5) is 4.80. The van der Waals surface area contributed by atoms with Gasteiger partial charge in [-0.2, -0.15) is 12.7 Å². The zero-order valence-electron chi connectivity index (χ0n) is 20.9. The monoisotopic (exact) mass is 509 g/mol. The maximum atomic E-state index is 15.8. The van der Waals surface area contributed by atoms with Crippen LogP contribution >= 0.6 is 11.3 Å². The summed E-state index contributed by atoms with van der Waals surface area (Å²) in [5.41, 5.74) is -0.882. The number of halogens is 1. The van der Waals surface area contributed by atoms with Gasteiger partial charge in [0.15, 0.2) is 5.82 Å². The van der Waals surface area contributed by atoms with Gasteiger partial charge in [0.05, 0.1) is 32.4 Å². The summed E-state index contributed by atoms with van der Waals surface area (Å²) in [5.74, 6) is -0.672. The molecule has 11 heteroatoms. The molecule has 0 unspecified atom stereocenters. The Bertz CT molecular complexity index is 1170. The van der Waals surface area contributed by atoms with E-state index in [1.807, 2.05) is 48.5 Å². The molecule has 0 spiro atoms. The smallest absolute Gasteiger partial charge is 0.399 e. The number of nitrogens with zero attached hydrogens (tertiary/aromatic N) is 2. The predicted octanol–water partition coefficient (Wildman–Crippen LogP) is 4.30. The van der Waals surface area contributed by atoms with Crippen molar-refractivity contribution in [2.75, 3.05) is 17.8 Å². The summed E-state index contributed by atoms with van der Waals surface area (Å²) in [6.45, 7) is 14.9. The van der Waals surface area contributed by atoms with E-state index in [9.17, 15) is 8.42 Å². The molecule has 7 nitrogen and oxygen atoms in total. The maximum absolute atomic E-state index is 15.8. The SMILES string of the molecule is CC(C)(C)c1nc(-c2cccc(NS(=O)(=O)N3CCCC3)c2F)c(B2OC(C)(C)C(C)(C)O2)s1. The first-order valence-electron chi connectivity index (χ1n) is 11.6. The number of anilines is 1. The van der Waals surface area contributed by atoms with Crippen LogP contribution < -0.4 is 9.50 Å². The fourth-order valence-corrected chi connectivity index (χ4v) is 6.28. The van der Waals surface area contributed by atoms with Crippen molar-refractivity contribution < 1.29 is 22.1 Å². The van der Waals surface area contributed by atoms with Crippen LogP contribution in [-0.4, -0.2) is 49.1 Å². The summed E-state index contributed by atoms with van der Waals surface area (Å²) < 4.78 is 58.3. The highest BCUT2D eigenvalue weighted by Crippen LogP contribution is 2.39. The van der Waals surface area contributed by atoms with E-state index in [2.05, 4.69) is 4.72 Å². The first kappa shape index (κ1) is 25.6. The van der Waals surface area contributed by atoms with E-state index < -0.39 is 34.3 Å². The molecule has 2 aliphatic heterocycles. The summed E-state index contributed by atoms with van der Waals surface area (Å²) in [6.07, 6.45) is 1.60. The van der Waals surface area contributed by atoms with E-state index in [1.54, 1.807) is 12.1 Å². The Kier molecular flexibility index (Phi) is 6.43. The fraction of sp³-hybridized carbons (Fsp3) is 0.609. The van der Waals surface area contributed by atoms with Crippen molar-refractivity contribution in [3.8, 4) is 11.3 Å². The van der Waals surface area contributed by atoms with E-state index in [4.69, 9.17) is 14.3 Å². The van der Waals surface area contributed by atoms with Crippen LogP contribution in [0.3, 0.4) is 0 Å². The van der Waals surface area contributed by atoms with Crippen molar-refractivity contribution in [2.24, 2.45) is 0 Å². The second-order valence-corrected chi connectivity index (χ2v) is 13.7. The number of thiazole rings is 1. The minimum Gasteiger partial charge on any atom is -0.399 e. The molecule has 0 atom stereocenters. The molecular formula is C23H33BFN3O4S2. The van der Waals surface area contributed by atoms with E-state index >= 15 is 4.39 Å². The Balaban J connectivity index is 1.77. The Morgan fingerprint density at radius 3 is 2.26 bits per heavy atom. The molecule has 4 rings (SSSR count).